The van der Waals surface area contributed by atoms with Crippen LogP contribution in [-0.4, -0.2) is 48.5 Å². The van der Waals surface area contributed by atoms with Crippen LogP contribution in [0.2, 0.25) is 0 Å². The Kier molecular flexibility index (Phi) is 6.80. The van der Waals surface area contributed by atoms with Crippen LogP contribution in [0, 0.1) is 11.6 Å². The van der Waals surface area contributed by atoms with Crippen LogP contribution < -0.4 is 10.2 Å². The highest BCUT2D eigenvalue weighted by Gasteiger charge is 2.19. The fraction of sp³-hybridized carbons (Fsp3) is 0.333. The molecule has 0 aliphatic carbocycles. The monoisotopic (exact) mass is 440 g/mol. The van der Waals surface area contributed by atoms with Crippen molar-refractivity contribution >= 4 is 17.3 Å². The van der Waals surface area contributed by atoms with Crippen LogP contribution in [0.1, 0.15) is 19.2 Å². The number of hydrogen-bond donors (Lipinski definition) is 1. The number of nitrogens with one attached hydrogen (secondary N) is 1. The van der Waals surface area contributed by atoms with Crippen molar-refractivity contribution in [1.29, 1.82) is 0 Å². The zero-order chi connectivity index (χ0) is 22.5. The number of nitrogens with zero attached hydrogens (tertiary/aromatic N) is 3. The quantitative estimate of drug-likeness (QED) is 0.593. The number of carbonyl (C=O) groups excluding carboxylic acids is 1. The number of anilines is 2. The molecule has 0 radical (unpaired) electrons. The second-order valence-corrected chi connectivity index (χ2v) is 7.73. The molecular formula is C24H26F2N4O2. The first kappa shape index (κ1) is 22.0. The summed E-state index contributed by atoms with van der Waals surface area (Å²) in [5, 5.41) is 2.99. The van der Waals surface area contributed by atoms with Crippen molar-refractivity contribution in [3.63, 3.8) is 0 Å². The van der Waals surface area contributed by atoms with Crippen LogP contribution in [-0.2, 0) is 11.2 Å². The van der Waals surface area contributed by atoms with Gasteiger partial charge in [0.2, 0.25) is 5.91 Å². The summed E-state index contributed by atoms with van der Waals surface area (Å²) in [5.41, 5.74) is 1.93. The Hall–Kier alpha value is -3.26. The second kappa shape index (κ2) is 9.91. The number of rotatable bonds is 7. The van der Waals surface area contributed by atoms with Gasteiger partial charge in [-0.1, -0.05) is 19.1 Å². The van der Waals surface area contributed by atoms with E-state index in [9.17, 15) is 13.6 Å². The number of aryl methyl sites for hydroxylation is 1. The molecule has 1 N–H and O–H groups in total. The summed E-state index contributed by atoms with van der Waals surface area (Å²) in [6.07, 6.45) is 1.82. The molecule has 6 nitrogen and oxygen atoms in total. The largest absolute Gasteiger partial charge is 0.441 e. The molecule has 0 saturated carbocycles. The van der Waals surface area contributed by atoms with Gasteiger partial charge in [-0.3, -0.25) is 4.79 Å². The molecule has 0 unspecified atom stereocenters. The number of amides is 1. The first-order chi connectivity index (χ1) is 15.5. The zero-order valence-electron chi connectivity index (χ0n) is 18.0. The Bertz CT molecular complexity index is 1080. The maximum Gasteiger partial charge on any atom is 0.224 e. The third-order valence-electron chi connectivity index (χ3n) is 5.65. The Labute approximate surface area is 185 Å². The van der Waals surface area contributed by atoms with Crippen molar-refractivity contribution in [3.05, 3.63) is 66.2 Å². The number of benzene rings is 2. The predicted octanol–water partition coefficient (Wildman–Crippen LogP) is 4.33. The van der Waals surface area contributed by atoms with E-state index in [1.165, 1.54) is 12.3 Å². The van der Waals surface area contributed by atoms with Gasteiger partial charge in [0.1, 0.15) is 11.6 Å². The van der Waals surface area contributed by atoms with Crippen LogP contribution >= 0.6 is 0 Å². The molecule has 1 amide bonds. The first-order valence-electron chi connectivity index (χ1n) is 10.8. The van der Waals surface area contributed by atoms with Crippen molar-refractivity contribution in [3.8, 4) is 11.3 Å². The summed E-state index contributed by atoms with van der Waals surface area (Å²) in [7, 11) is 0. The number of hydrogen-bond acceptors (Lipinski definition) is 5. The molecule has 3 aromatic rings. The van der Waals surface area contributed by atoms with E-state index in [0.717, 1.165) is 56.2 Å². The molecule has 1 fully saturated rings. The van der Waals surface area contributed by atoms with E-state index in [1.807, 2.05) is 24.3 Å². The van der Waals surface area contributed by atoms with Gasteiger partial charge in [0.25, 0.3) is 0 Å². The van der Waals surface area contributed by atoms with E-state index in [-0.39, 0.29) is 30.1 Å². The van der Waals surface area contributed by atoms with E-state index in [4.69, 9.17) is 4.42 Å². The second-order valence-electron chi connectivity index (χ2n) is 7.73. The normalized spacial score (nSPS) is 14.5. The summed E-state index contributed by atoms with van der Waals surface area (Å²) in [6, 6.07) is 11.1. The molecule has 2 aromatic carbocycles. The van der Waals surface area contributed by atoms with Gasteiger partial charge in [0, 0.05) is 45.1 Å². The highest BCUT2D eigenvalue weighted by Crippen LogP contribution is 2.27. The SMILES string of the molecule is CCN1CCN(c2ccccc2NC(=O)CCc2ncc(-c3ccc(F)cc3F)o2)CC1. The van der Waals surface area contributed by atoms with Gasteiger partial charge in [-0.25, -0.2) is 13.8 Å². The van der Waals surface area contributed by atoms with Gasteiger partial charge in [-0.2, -0.15) is 0 Å². The third kappa shape index (κ3) is 5.13. The molecule has 1 saturated heterocycles. The first-order valence-corrected chi connectivity index (χ1v) is 10.8. The number of piperazine rings is 1. The number of oxazole rings is 1. The van der Waals surface area contributed by atoms with Crippen molar-refractivity contribution in [2.75, 3.05) is 42.9 Å². The van der Waals surface area contributed by atoms with Crippen molar-refractivity contribution in [2.24, 2.45) is 0 Å². The number of para-hydroxylation sites is 2. The van der Waals surface area contributed by atoms with Crippen LogP contribution in [0.3, 0.4) is 0 Å². The lowest BCUT2D eigenvalue weighted by Crippen LogP contribution is -2.46. The minimum absolute atomic E-state index is 0.131. The van der Waals surface area contributed by atoms with Crippen LogP contribution in [0.5, 0.6) is 0 Å². The minimum atomic E-state index is -0.721. The van der Waals surface area contributed by atoms with E-state index in [1.54, 1.807) is 0 Å². The molecule has 168 valence electrons. The van der Waals surface area contributed by atoms with E-state index in [2.05, 4.69) is 27.0 Å². The molecule has 1 aliphatic heterocycles. The number of aromatic nitrogens is 1. The zero-order valence-corrected chi connectivity index (χ0v) is 18.0. The lowest BCUT2D eigenvalue weighted by molar-refractivity contribution is -0.116. The Morgan fingerprint density at radius 2 is 1.91 bits per heavy atom. The van der Waals surface area contributed by atoms with Crippen LogP contribution in [0.25, 0.3) is 11.3 Å². The summed E-state index contributed by atoms with van der Waals surface area (Å²) >= 11 is 0. The molecule has 0 spiro atoms. The molecule has 0 atom stereocenters. The van der Waals surface area contributed by atoms with Gasteiger partial charge in [-0.05, 0) is 30.8 Å². The lowest BCUT2D eigenvalue weighted by Gasteiger charge is -2.36. The van der Waals surface area contributed by atoms with Gasteiger partial charge in [0.05, 0.1) is 23.1 Å². The lowest BCUT2D eigenvalue weighted by atomic mass is 10.2. The average Bonchev–Trinajstić information content (AvgIpc) is 3.27. The molecular weight excluding hydrogens is 414 g/mol. The summed E-state index contributed by atoms with van der Waals surface area (Å²) < 4.78 is 32.6. The van der Waals surface area contributed by atoms with Crippen molar-refractivity contribution < 1.29 is 18.0 Å². The molecule has 4 rings (SSSR count). The highest BCUT2D eigenvalue weighted by atomic mass is 19.1. The third-order valence-corrected chi connectivity index (χ3v) is 5.65. The van der Waals surface area contributed by atoms with E-state index < -0.39 is 11.6 Å². The van der Waals surface area contributed by atoms with Gasteiger partial charge in [0.15, 0.2) is 11.7 Å². The maximum atomic E-state index is 13.9. The smallest absolute Gasteiger partial charge is 0.224 e. The number of carbonyl (C=O) groups is 1. The molecule has 32 heavy (non-hydrogen) atoms. The molecule has 8 heteroatoms. The topological polar surface area (TPSA) is 61.6 Å². The Morgan fingerprint density at radius 3 is 2.66 bits per heavy atom. The highest BCUT2D eigenvalue weighted by molar-refractivity contribution is 5.94. The van der Waals surface area contributed by atoms with Crippen molar-refractivity contribution in [2.45, 2.75) is 19.8 Å². The average molecular weight is 440 g/mol. The summed E-state index contributed by atoms with van der Waals surface area (Å²) in [5.74, 6) is -1.01. The standard InChI is InChI=1S/C24H26F2N4O2/c1-2-29-11-13-30(14-12-29)21-6-4-3-5-20(21)28-23(31)9-10-24-27-16-22(32-24)18-8-7-17(25)15-19(18)26/h3-8,15-16H,2,9-14H2,1H3,(H,28,31). The molecule has 1 aliphatic rings. The predicted molar refractivity (Wildman–Crippen MR) is 120 cm³/mol. The van der Waals surface area contributed by atoms with E-state index in [0.29, 0.717) is 5.89 Å². The molecule has 0 bridgehead atoms. The number of halogens is 2. The van der Waals surface area contributed by atoms with Gasteiger partial charge >= 0.3 is 0 Å². The Morgan fingerprint density at radius 1 is 1.12 bits per heavy atom. The van der Waals surface area contributed by atoms with Gasteiger partial charge in [-0.15, -0.1) is 0 Å². The molecule has 1 aromatic heterocycles. The number of likely N-dealkylation sites (N-methyl/N-ethyl adjacent to an activating group) is 1. The van der Waals surface area contributed by atoms with Gasteiger partial charge < -0.3 is 19.5 Å². The maximum absolute atomic E-state index is 13.9. The van der Waals surface area contributed by atoms with Crippen molar-refractivity contribution in [1.82, 2.24) is 9.88 Å². The summed E-state index contributed by atoms with van der Waals surface area (Å²) in [4.78, 5) is 21.4. The fourth-order valence-corrected chi connectivity index (χ4v) is 3.83. The van der Waals surface area contributed by atoms with Crippen LogP contribution in [0.15, 0.2) is 53.1 Å². The Balaban J connectivity index is 1.36. The summed E-state index contributed by atoms with van der Waals surface area (Å²) in [6.45, 7) is 7.04. The minimum Gasteiger partial charge on any atom is -0.441 e. The molecule has 2 heterocycles. The fourth-order valence-electron chi connectivity index (χ4n) is 3.83. The van der Waals surface area contributed by atoms with Crippen LogP contribution in [0.4, 0.5) is 20.2 Å². The van der Waals surface area contributed by atoms with E-state index >= 15 is 0 Å².